The molecule has 1 N–H and O–H groups in total. The van der Waals surface area contributed by atoms with Crippen molar-refractivity contribution in [1.29, 1.82) is 0 Å². The average molecular weight is 242 g/mol. The van der Waals surface area contributed by atoms with Gasteiger partial charge in [-0.1, -0.05) is 32.1 Å². The lowest BCUT2D eigenvalue weighted by molar-refractivity contribution is -0.380. The molecular formula is C11H18N2O2S. The second kappa shape index (κ2) is 5.41. The zero-order chi connectivity index (χ0) is 12.2. The molecule has 0 atom stereocenters. The summed E-state index contributed by atoms with van der Waals surface area (Å²) >= 11 is 1.18. The van der Waals surface area contributed by atoms with Crippen molar-refractivity contribution >= 4 is 16.3 Å². The first kappa shape index (κ1) is 13.1. The number of nitrogens with zero attached hydrogens (tertiary/aromatic N) is 1. The smallest absolute Gasteiger partial charge is 0.312 e. The molecule has 5 heteroatoms. The largest absolute Gasteiger partial charge is 0.324 e. The van der Waals surface area contributed by atoms with Gasteiger partial charge in [0, 0.05) is 24.5 Å². The molecule has 1 aromatic rings. The van der Waals surface area contributed by atoms with Crippen LogP contribution in [0.2, 0.25) is 0 Å². The second-order valence-electron chi connectivity index (χ2n) is 4.67. The van der Waals surface area contributed by atoms with Crippen molar-refractivity contribution in [3.05, 3.63) is 27.1 Å². The third-order valence-corrected chi connectivity index (χ3v) is 3.64. The zero-order valence-corrected chi connectivity index (χ0v) is 10.8. The number of hydrogen-bond donors (Lipinski definition) is 1. The minimum Gasteiger partial charge on any atom is -0.312 e. The molecule has 16 heavy (non-hydrogen) atoms. The summed E-state index contributed by atoms with van der Waals surface area (Å²) < 4.78 is 0. The first-order valence-corrected chi connectivity index (χ1v) is 6.25. The minimum atomic E-state index is -0.343. The first-order chi connectivity index (χ1) is 7.44. The maximum atomic E-state index is 10.5. The van der Waals surface area contributed by atoms with Crippen LogP contribution in [0.5, 0.6) is 0 Å². The summed E-state index contributed by atoms with van der Waals surface area (Å²) in [6.07, 6.45) is 1.11. The summed E-state index contributed by atoms with van der Waals surface area (Å²) in [5.41, 5.74) is 1.27. The molecule has 0 saturated carbocycles. The van der Waals surface area contributed by atoms with Crippen molar-refractivity contribution in [3.63, 3.8) is 0 Å². The highest BCUT2D eigenvalue weighted by atomic mass is 32.1. The lowest BCUT2D eigenvalue weighted by atomic mass is 9.90. The van der Waals surface area contributed by atoms with E-state index < -0.39 is 0 Å². The quantitative estimate of drug-likeness (QED) is 0.615. The van der Waals surface area contributed by atoms with Gasteiger partial charge in [-0.2, -0.15) is 0 Å². The molecule has 0 aliphatic heterocycles. The summed E-state index contributed by atoms with van der Waals surface area (Å²) in [5.74, 6) is 0. The first-order valence-electron chi connectivity index (χ1n) is 5.37. The second-order valence-corrected chi connectivity index (χ2v) is 5.56. The van der Waals surface area contributed by atoms with Crippen LogP contribution in [0.1, 0.15) is 32.8 Å². The molecule has 0 fully saturated rings. The number of thiophene rings is 1. The Morgan fingerprint density at radius 2 is 2.25 bits per heavy atom. The van der Waals surface area contributed by atoms with E-state index in [1.54, 1.807) is 6.07 Å². The third-order valence-electron chi connectivity index (χ3n) is 2.71. The molecule has 1 rings (SSSR count). The van der Waals surface area contributed by atoms with Gasteiger partial charge in [0.05, 0.1) is 4.92 Å². The summed E-state index contributed by atoms with van der Waals surface area (Å²) in [5, 5.41) is 15.9. The van der Waals surface area contributed by atoms with E-state index >= 15 is 0 Å². The molecule has 90 valence electrons. The zero-order valence-electron chi connectivity index (χ0n) is 9.95. The summed E-state index contributed by atoms with van der Waals surface area (Å²) in [4.78, 5) is 10.1. The number of nitro groups is 1. The lowest BCUT2D eigenvalue weighted by Crippen LogP contribution is -2.28. The van der Waals surface area contributed by atoms with Crippen molar-refractivity contribution < 1.29 is 4.92 Å². The molecule has 4 nitrogen and oxygen atoms in total. The Bertz CT molecular complexity index is 361. The van der Waals surface area contributed by atoms with Crippen LogP contribution in [0.4, 0.5) is 5.00 Å². The van der Waals surface area contributed by atoms with Gasteiger partial charge in [0.25, 0.3) is 0 Å². The molecule has 0 radical (unpaired) electrons. The summed E-state index contributed by atoms with van der Waals surface area (Å²) in [6, 6.07) is 1.64. The molecule has 0 unspecified atom stereocenters. The van der Waals surface area contributed by atoms with E-state index in [4.69, 9.17) is 0 Å². The number of hydrogen-bond acceptors (Lipinski definition) is 4. The van der Waals surface area contributed by atoms with Crippen molar-refractivity contribution in [3.8, 4) is 0 Å². The van der Waals surface area contributed by atoms with E-state index in [0.29, 0.717) is 6.54 Å². The molecule has 0 bridgehead atoms. The van der Waals surface area contributed by atoms with Gasteiger partial charge in [0.15, 0.2) is 0 Å². The van der Waals surface area contributed by atoms with Crippen molar-refractivity contribution in [1.82, 2.24) is 5.32 Å². The van der Waals surface area contributed by atoms with Gasteiger partial charge in [0.2, 0.25) is 0 Å². The fraction of sp³-hybridized carbons (Fsp3) is 0.636. The number of nitrogens with one attached hydrogen (secondary N) is 1. The van der Waals surface area contributed by atoms with E-state index in [0.717, 1.165) is 18.5 Å². The Morgan fingerprint density at radius 3 is 2.75 bits per heavy atom. The van der Waals surface area contributed by atoms with E-state index in [-0.39, 0.29) is 15.3 Å². The maximum Gasteiger partial charge on any atom is 0.324 e. The Labute approximate surface area is 99.8 Å². The van der Waals surface area contributed by atoms with Crippen LogP contribution in [-0.2, 0) is 6.54 Å². The van der Waals surface area contributed by atoms with Gasteiger partial charge in [0.1, 0.15) is 0 Å². The molecule has 0 aromatic carbocycles. The fourth-order valence-corrected chi connectivity index (χ4v) is 1.95. The van der Waals surface area contributed by atoms with Crippen LogP contribution in [0.15, 0.2) is 11.4 Å². The molecular weight excluding hydrogens is 224 g/mol. The van der Waals surface area contributed by atoms with Gasteiger partial charge in [-0.3, -0.25) is 10.1 Å². The normalized spacial score (nSPS) is 11.7. The predicted octanol–water partition coefficient (Wildman–Crippen LogP) is 3.18. The maximum absolute atomic E-state index is 10.5. The van der Waals surface area contributed by atoms with E-state index in [2.05, 4.69) is 26.1 Å². The van der Waals surface area contributed by atoms with Crippen molar-refractivity contribution in [2.24, 2.45) is 5.41 Å². The SMILES string of the molecule is CCC(C)(C)CNCc1csc([N+](=O)[O-])c1. The fourth-order valence-electron chi connectivity index (χ4n) is 1.22. The van der Waals surface area contributed by atoms with Gasteiger partial charge in [-0.05, 0) is 17.4 Å². The Morgan fingerprint density at radius 1 is 1.56 bits per heavy atom. The Kier molecular flexibility index (Phi) is 4.44. The lowest BCUT2D eigenvalue weighted by Gasteiger charge is -2.22. The predicted molar refractivity (Wildman–Crippen MR) is 66.8 cm³/mol. The Balaban J connectivity index is 2.40. The molecule has 0 spiro atoms. The van der Waals surface area contributed by atoms with Gasteiger partial charge in [-0.25, -0.2) is 0 Å². The highest BCUT2D eigenvalue weighted by Crippen LogP contribution is 2.23. The summed E-state index contributed by atoms with van der Waals surface area (Å²) in [6.45, 7) is 8.20. The highest BCUT2D eigenvalue weighted by molar-refractivity contribution is 7.13. The van der Waals surface area contributed by atoms with Gasteiger partial charge in [-0.15, -0.1) is 0 Å². The summed E-state index contributed by atoms with van der Waals surface area (Å²) in [7, 11) is 0. The number of rotatable bonds is 6. The van der Waals surface area contributed by atoms with Crippen LogP contribution in [0, 0.1) is 15.5 Å². The molecule has 0 amide bonds. The molecule has 1 heterocycles. The van der Waals surface area contributed by atoms with E-state index in [9.17, 15) is 10.1 Å². The molecule has 1 aromatic heterocycles. The van der Waals surface area contributed by atoms with E-state index in [1.165, 1.54) is 11.3 Å². The van der Waals surface area contributed by atoms with Crippen LogP contribution < -0.4 is 5.32 Å². The molecule has 0 aliphatic rings. The van der Waals surface area contributed by atoms with Gasteiger partial charge < -0.3 is 5.32 Å². The third kappa shape index (κ3) is 3.90. The minimum absolute atomic E-state index is 0.214. The van der Waals surface area contributed by atoms with Crippen molar-refractivity contribution in [2.75, 3.05) is 6.54 Å². The van der Waals surface area contributed by atoms with E-state index in [1.807, 2.05) is 5.38 Å². The van der Waals surface area contributed by atoms with Crippen LogP contribution in [0.3, 0.4) is 0 Å². The molecule has 0 aliphatic carbocycles. The molecule has 0 saturated heterocycles. The highest BCUT2D eigenvalue weighted by Gasteiger charge is 2.14. The monoisotopic (exact) mass is 242 g/mol. The van der Waals surface area contributed by atoms with Crippen LogP contribution >= 0.6 is 11.3 Å². The standard InChI is InChI=1S/C11H18N2O2S/c1-4-11(2,3)8-12-6-9-5-10(13(14)15)16-7-9/h5,7,12H,4,6,8H2,1-3H3. The van der Waals surface area contributed by atoms with Crippen molar-refractivity contribution in [2.45, 2.75) is 33.7 Å². The average Bonchev–Trinajstić information content (AvgIpc) is 2.66. The van der Waals surface area contributed by atoms with Crippen LogP contribution in [-0.4, -0.2) is 11.5 Å². The Hall–Kier alpha value is -0.940. The topological polar surface area (TPSA) is 55.2 Å². The van der Waals surface area contributed by atoms with Crippen LogP contribution in [0.25, 0.3) is 0 Å². The van der Waals surface area contributed by atoms with Gasteiger partial charge >= 0.3 is 5.00 Å².